The third kappa shape index (κ3) is 2.95. The molecule has 2 aliphatic heterocycles. The number of amides is 1. The predicted molar refractivity (Wildman–Crippen MR) is 97.7 cm³/mol. The Kier molecular flexibility index (Phi) is 5.40. The molecule has 2 heterocycles. The van der Waals surface area contributed by atoms with E-state index in [2.05, 4.69) is 0 Å². The minimum absolute atomic E-state index is 0.0831. The highest BCUT2D eigenvalue weighted by atomic mass is 35.5. The molecule has 1 unspecified atom stereocenters. The van der Waals surface area contributed by atoms with Crippen LogP contribution in [-0.4, -0.2) is 54.2 Å². The van der Waals surface area contributed by atoms with E-state index in [1.165, 1.54) is 5.06 Å². The summed E-state index contributed by atoms with van der Waals surface area (Å²) in [4.78, 5) is 37.7. The van der Waals surface area contributed by atoms with E-state index in [0.717, 1.165) is 16.7 Å². The molecule has 0 saturated carbocycles. The molecule has 7 heteroatoms. The molecule has 0 aromatic heterocycles. The molecule has 1 amide bonds. The van der Waals surface area contributed by atoms with Gasteiger partial charge in [0.1, 0.15) is 11.5 Å². The highest BCUT2D eigenvalue weighted by Crippen LogP contribution is 2.45. The number of aryl methyl sites for hydroxylation is 2. The molecule has 2 fully saturated rings. The highest BCUT2D eigenvalue weighted by Gasteiger charge is 2.61. The summed E-state index contributed by atoms with van der Waals surface area (Å²) in [6, 6.07) is 3.60. The highest BCUT2D eigenvalue weighted by molar-refractivity contribution is 6.30. The maximum Gasteiger partial charge on any atom is 0.262 e. The number of benzene rings is 1. The van der Waals surface area contributed by atoms with Crippen molar-refractivity contribution in [2.75, 3.05) is 26.8 Å². The molecule has 1 spiro atoms. The number of Topliss-reactive ketones (excluding diaryl/α,β-unsaturated/α-hetero) is 1. The fourth-order valence-corrected chi connectivity index (χ4v) is 4.57. The molecule has 6 nitrogen and oxygen atoms in total. The average Bonchev–Trinajstić information content (AvgIpc) is 2.78. The van der Waals surface area contributed by atoms with Crippen LogP contribution in [0.3, 0.4) is 0 Å². The van der Waals surface area contributed by atoms with Crippen LogP contribution >= 0.6 is 11.6 Å². The van der Waals surface area contributed by atoms with Crippen molar-refractivity contribution in [3.63, 3.8) is 0 Å². The second kappa shape index (κ2) is 7.27. The standard InChI is InChI=1S/C19H25ClN2O4/c1-5-26-22-18(24)16(15-12(2)10-14(20)11-13(15)3)17(23)19(22)6-8-21(25-4)9-7-19/h10-11,16H,5-9H2,1-4H3. The van der Waals surface area contributed by atoms with Crippen LogP contribution < -0.4 is 0 Å². The number of halogens is 1. The first-order valence-electron chi connectivity index (χ1n) is 8.92. The lowest BCUT2D eigenvalue weighted by Gasteiger charge is -2.41. The summed E-state index contributed by atoms with van der Waals surface area (Å²) in [6.07, 6.45) is 0.987. The predicted octanol–water partition coefficient (Wildman–Crippen LogP) is 2.80. The van der Waals surface area contributed by atoms with Crippen LogP contribution in [0.4, 0.5) is 0 Å². The van der Waals surface area contributed by atoms with Gasteiger partial charge in [-0.1, -0.05) is 11.6 Å². The Morgan fingerprint density at radius 2 is 1.77 bits per heavy atom. The van der Waals surface area contributed by atoms with Crippen LogP contribution in [0.15, 0.2) is 12.1 Å². The Hall–Kier alpha value is -1.47. The van der Waals surface area contributed by atoms with Crippen molar-refractivity contribution in [1.82, 2.24) is 10.1 Å². The number of carbonyl (C=O) groups is 2. The maximum absolute atomic E-state index is 13.5. The van der Waals surface area contributed by atoms with Gasteiger partial charge in [-0.3, -0.25) is 14.4 Å². The van der Waals surface area contributed by atoms with Crippen molar-refractivity contribution in [1.29, 1.82) is 0 Å². The molecule has 1 aromatic carbocycles. The summed E-state index contributed by atoms with van der Waals surface area (Å²) >= 11 is 6.13. The van der Waals surface area contributed by atoms with Gasteiger partial charge in [0.15, 0.2) is 5.78 Å². The Morgan fingerprint density at radius 3 is 2.27 bits per heavy atom. The lowest BCUT2D eigenvalue weighted by molar-refractivity contribution is -0.228. The van der Waals surface area contributed by atoms with Crippen molar-refractivity contribution in [2.24, 2.45) is 0 Å². The van der Waals surface area contributed by atoms with Gasteiger partial charge >= 0.3 is 0 Å². The van der Waals surface area contributed by atoms with Gasteiger partial charge in [-0.2, -0.15) is 5.06 Å². The Morgan fingerprint density at radius 1 is 1.19 bits per heavy atom. The molecule has 0 radical (unpaired) electrons. The third-order valence-electron chi connectivity index (χ3n) is 5.47. The summed E-state index contributed by atoms with van der Waals surface area (Å²) in [5.74, 6) is -1.20. The summed E-state index contributed by atoms with van der Waals surface area (Å²) in [5, 5.41) is 3.76. The molecule has 0 N–H and O–H groups in total. The van der Waals surface area contributed by atoms with Gasteiger partial charge in [-0.05, 0) is 62.4 Å². The van der Waals surface area contributed by atoms with Crippen LogP contribution in [0.2, 0.25) is 5.02 Å². The minimum Gasteiger partial charge on any atom is -0.302 e. The number of hydroxylamine groups is 4. The number of rotatable bonds is 4. The Balaban J connectivity index is 2.04. The van der Waals surface area contributed by atoms with Gasteiger partial charge < -0.3 is 4.84 Å². The van der Waals surface area contributed by atoms with Crippen LogP contribution in [0.25, 0.3) is 0 Å². The summed E-state index contributed by atoms with van der Waals surface area (Å²) in [7, 11) is 1.61. The van der Waals surface area contributed by atoms with E-state index in [1.807, 2.05) is 20.8 Å². The van der Waals surface area contributed by atoms with E-state index in [9.17, 15) is 9.59 Å². The first-order chi connectivity index (χ1) is 12.4. The number of carbonyl (C=O) groups excluding carboxylic acids is 2. The second-order valence-electron chi connectivity index (χ2n) is 6.94. The van der Waals surface area contributed by atoms with Gasteiger partial charge in [0.2, 0.25) is 0 Å². The molecule has 2 aliphatic rings. The summed E-state index contributed by atoms with van der Waals surface area (Å²) in [5.41, 5.74) is 1.53. The zero-order valence-corrected chi connectivity index (χ0v) is 16.4. The van der Waals surface area contributed by atoms with Gasteiger partial charge in [0.05, 0.1) is 13.7 Å². The summed E-state index contributed by atoms with van der Waals surface area (Å²) < 4.78 is 0. The first kappa shape index (κ1) is 19.3. The van der Waals surface area contributed by atoms with Gasteiger partial charge in [-0.15, -0.1) is 0 Å². The molecule has 26 heavy (non-hydrogen) atoms. The minimum atomic E-state index is -0.925. The number of ketones is 1. The molecule has 0 aliphatic carbocycles. The Labute approximate surface area is 158 Å². The summed E-state index contributed by atoms with van der Waals surface area (Å²) in [6.45, 7) is 7.08. The molecule has 0 bridgehead atoms. The quantitative estimate of drug-likeness (QED) is 0.752. The topological polar surface area (TPSA) is 59.1 Å². The number of hydrogen-bond acceptors (Lipinski definition) is 5. The fourth-order valence-electron chi connectivity index (χ4n) is 4.25. The smallest absolute Gasteiger partial charge is 0.262 e. The molecule has 1 aromatic rings. The van der Waals surface area contributed by atoms with Gasteiger partial charge in [0, 0.05) is 18.1 Å². The molecule has 3 rings (SSSR count). The van der Waals surface area contributed by atoms with Crippen molar-refractivity contribution < 1.29 is 19.3 Å². The van der Waals surface area contributed by atoms with Crippen molar-refractivity contribution in [2.45, 2.75) is 45.1 Å². The van der Waals surface area contributed by atoms with Crippen LogP contribution in [0.5, 0.6) is 0 Å². The second-order valence-corrected chi connectivity index (χ2v) is 7.38. The van der Waals surface area contributed by atoms with Crippen LogP contribution in [-0.2, 0) is 19.3 Å². The molecular weight excluding hydrogens is 356 g/mol. The monoisotopic (exact) mass is 380 g/mol. The van der Waals surface area contributed by atoms with Crippen molar-refractivity contribution >= 4 is 23.3 Å². The number of piperidine rings is 1. The zero-order chi connectivity index (χ0) is 19.1. The molecule has 2 saturated heterocycles. The van der Waals surface area contributed by atoms with E-state index < -0.39 is 11.5 Å². The largest absolute Gasteiger partial charge is 0.302 e. The maximum atomic E-state index is 13.5. The van der Waals surface area contributed by atoms with E-state index in [-0.39, 0.29) is 11.7 Å². The van der Waals surface area contributed by atoms with Crippen LogP contribution in [0, 0.1) is 13.8 Å². The number of hydrogen-bond donors (Lipinski definition) is 0. The van der Waals surface area contributed by atoms with Crippen molar-refractivity contribution in [3.8, 4) is 0 Å². The van der Waals surface area contributed by atoms with E-state index in [1.54, 1.807) is 24.3 Å². The SMILES string of the molecule is CCON1C(=O)C(c2c(C)cc(Cl)cc2C)C(=O)C12CCN(OC)CC2. The van der Waals surface area contributed by atoms with E-state index in [0.29, 0.717) is 37.6 Å². The van der Waals surface area contributed by atoms with Gasteiger partial charge in [-0.25, -0.2) is 5.06 Å². The average molecular weight is 381 g/mol. The third-order valence-corrected chi connectivity index (χ3v) is 5.69. The molecular formula is C19H25ClN2O4. The van der Waals surface area contributed by atoms with E-state index >= 15 is 0 Å². The lowest BCUT2D eigenvalue weighted by atomic mass is 9.79. The lowest BCUT2D eigenvalue weighted by Crippen LogP contribution is -2.56. The van der Waals surface area contributed by atoms with Crippen LogP contribution in [0.1, 0.15) is 42.4 Å². The normalized spacial score (nSPS) is 23.3. The van der Waals surface area contributed by atoms with E-state index in [4.69, 9.17) is 21.3 Å². The fraction of sp³-hybridized carbons (Fsp3) is 0.579. The first-order valence-corrected chi connectivity index (χ1v) is 9.30. The Bertz CT molecular complexity index is 705. The van der Waals surface area contributed by atoms with Crippen molar-refractivity contribution in [3.05, 3.63) is 33.8 Å². The number of nitrogens with zero attached hydrogens (tertiary/aromatic N) is 2. The van der Waals surface area contributed by atoms with Gasteiger partial charge in [0.25, 0.3) is 5.91 Å². The zero-order valence-electron chi connectivity index (χ0n) is 15.7. The molecule has 1 atom stereocenters. The molecule has 142 valence electrons.